The van der Waals surface area contributed by atoms with Crippen LogP contribution >= 0.6 is 0 Å². The van der Waals surface area contributed by atoms with Crippen LogP contribution in [-0.2, 0) is 0 Å². The topological polar surface area (TPSA) is 12.9 Å². The summed E-state index contributed by atoms with van der Waals surface area (Å²) in [6.45, 7) is 6.97. The average Bonchev–Trinajstić information content (AvgIpc) is 2.74. The predicted molar refractivity (Wildman–Crippen MR) is 124 cm³/mol. The molecule has 2 rings (SSSR count). The van der Waals surface area contributed by atoms with Gasteiger partial charge in [-0.3, -0.25) is 4.98 Å². The molecule has 0 aromatic carbocycles. The summed E-state index contributed by atoms with van der Waals surface area (Å²) in [4.78, 5) is 4.90. The molecule has 1 atom stereocenters. The van der Waals surface area contributed by atoms with E-state index in [9.17, 15) is 0 Å². The van der Waals surface area contributed by atoms with Crippen LogP contribution in [0.1, 0.15) is 147 Å². The molecule has 1 aromatic rings. The highest BCUT2D eigenvalue weighted by Gasteiger charge is 2.23. The molecule has 1 fully saturated rings. The molecule has 0 unspecified atom stereocenters. The molecule has 1 aliphatic carbocycles. The van der Waals surface area contributed by atoms with E-state index in [4.69, 9.17) is 4.98 Å². The van der Waals surface area contributed by atoms with E-state index < -0.39 is 0 Å². The number of pyridine rings is 1. The monoisotopic (exact) mass is 385 g/mol. The van der Waals surface area contributed by atoms with Gasteiger partial charge in [-0.2, -0.15) is 0 Å². The third-order valence-electron chi connectivity index (χ3n) is 7.10. The molecule has 1 aromatic heterocycles. The van der Waals surface area contributed by atoms with E-state index in [0.717, 1.165) is 11.8 Å². The Hall–Kier alpha value is -0.850. The Kier molecular flexibility index (Phi) is 11.9. The van der Waals surface area contributed by atoms with Crippen molar-refractivity contribution in [1.82, 2.24) is 4.98 Å². The molecule has 0 bridgehead atoms. The lowest BCUT2D eigenvalue weighted by atomic mass is 9.78. The highest BCUT2D eigenvalue weighted by atomic mass is 14.7. The summed E-state index contributed by atoms with van der Waals surface area (Å²) in [5.74, 6) is 2.37. The molecule has 28 heavy (non-hydrogen) atoms. The summed E-state index contributed by atoms with van der Waals surface area (Å²) in [5.41, 5.74) is 2.81. The molecule has 1 aliphatic rings. The van der Waals surface area contributed by atoms with Gasteiger partial charge in [0.1, 0.15) is 0 Å². The van der Waals surface area contributed by atoms with Gasteiger partial charge in [-0.25, -0.2) is 0 Å². The summed E-state index contributed by atoms with van der Waals surface area (Å²) in [6, 6.07) is 4.72. The van der Waals surface area contributed by atoms with Gasteiger partial charge in [0.05, 0.1) is 0 Å². The molecule has 0 saturated heterocycles. The highest BCUT2D eigenvalue weighted by Crippen LogP contribution is 2.37. The Labute approximate surface area is 176 Å². The Morgan fingerprint density at radius 2 is 1.46 bits per heavy atom. The van der Waals surface area contributed by atoms with Gasteiger partial charge in [-0.05, 0) is 55.6 Å². The van der Waals surface area contributed by atoms with E-state index in [0.29, 0.717) is 5.92 Å². The molecule has 1 heterocycles. The summed E-state index contributed by atoms with van der Waals surface area (Å²) >= 11 is 0. The fourth-order valence-electron chi connectivity index (χ4n) is 4.95. The first-order valence-corrected chi connectivity index (χ1v) is 12.7. The van der Waals surface area contributed by atoms with Crippen LogP contribution < -0.4 is 0 Å². The van der Waals surface area contributed by atoms with E-state index in [1.165, 1.54) is 114 Å². The van der Waals surface area contributed by atoms with Crippen molar-refractivity contribution in [3.63, 3.8) is 0 Å². The fraction of sp³-hybridized carbons (Fsp3) is 0.815. The van der Waals surface area contributed by atoms with Crippen molar-refractivity contribution in [2.75, 3.05) is 0 Å². The van der Waals surface area contributed by atoms with E-state index in [2.05, 4.69) is 39.1 Å². The number of hydrogen-bond acceptors (Lipinski definition) is 1. The second-order valence-corrected chi connectivity index (χ2v) is 9.54. The SMILES string of the molecule is CCCCCCC[C@H](C)c1ccc([C@H]2CC[C@H](CCCCCCC)CC2)nc1. The average molecular weight is 386 g/mol. The van der Waals surface area contributed by atoms with Gasteiger partial charge in [0, 0.05) is 17.8 Å². The van der Waals surface area contributed by atoms with Crippen molar-refractivity contribution in [2.45, 2.75) is 135 Å². The van der Waals surface area contributed by atoms with Crippen molar-refractivity contribution in [2.24, 2.45) is 5.92 Å². The van der Waals surface area contributed by atoms with E-state index >= 15 is 0 Å². The molecule has 160 valence electrons. The maximum Gasteiger partial charge on any atom is 0.0434 e. The Morgan fingerprint density at radius 1 is 0.821 bits per heavy atom. The van der Waals surface area contributed by atoms with Crippen molar-refractivity contribution in [3.8, 4) is 0 Å². The molecule has 1 heteroatoms. The maximum atomic E-state index is 4.90. The van der Waals surface area contributed by atoms with Crippen LogP contribution in [0.3, 0.4) is 0 Å². The minimum Gasteiger partial charge on any atom is -0.261 e. The van der Waals surface area contributed by atoms with Gasteiger partial charge in [0.15, 0.2) is 0 Å². The molecule has 1 nitrogen and oxygen atoms in total. The van der Waals surface area contributed by atoms with Crippen LogP contribution in [0.5, 0.6) is 0 Å². The van der Waals surface area contributed by atoms with Crippen LogP contribution in [0.2, 0.25) is 0 Å². The molecule has 1 saturated carbocycles. The summed E-state index contributed by atoms with van der Waals surface area (Å²) < 4.78 is 0. The molecule has 0 radical (unpaired) electrons. The van der Waals surface area contributed by atoms with Gasteiger partial charge in [-0.1, -0.05) is 97.5 Å². The van der Waals surface area contributed by atoms with Gasteiger partial charge < -0.3 is 0 Å². The Balaban J connectivity index is 1.66. The summed E-state index contributed by atoms with van der Waals surface area (Å²) in [5, 5.41) is 0. The van der Waals surface area contributed by atoms with Crippen LogP contribution in [0.15, 0.2) is 18.3 Å². The van der Waals surface area contributed by atoms with E-state index in [-0.39, 0.29) is 0 Å². The number of unbranched alkanes of at least 4 members (excludes halogenated alkanes) is 8. The Bertz CT molecular complexity index is 483. The fourth-order valence-corrected chi connectivity index (χ4v) is 4.95. The lowest BCUT2D eigenvalue weighted by Crippen LogP contribution is -2.14. The summed E-state index contributed by atoms with van der Waals surface area (Å²) in [6.07, 6.45) is 24.6. The third kappa shape index (κ3) is 8.66. The van der Waals surface area contributed by atoms with Crippen molar-refractivity contribution in [1.29, 1.82) is 0 Å². The zero-order valence-electron chi connectivity index (χ0n) is 19.2. The van der Waals surface area contributed by atoms with E-state index in [1.807, 2.05) is 0 Å². The minimum atomic E-state index is 0.659. The van der Waals surface area contributed by atoms with Gasteiger partial charge >= 0.3 is 0 Å². The predicted octanol–water partition coefficient (Wildman–Crippen LogP) is 9.18. The molecule has 0 aliphatic heterocycles. The standard InChI is InChI=1S/C27H47N/c1-4-6-8-10-12-14-23(3)26-20-21-27(28-22-26)25-18-16-24(17-19-25)15-13-11-9-7-5-2/h20-25H,4-19H2,1-3H3/t23-,24-,25-/m0/s1. The lowest BCUT2D eigenvalue weighted by Gasteiger charge is -2.28. The van der Waals surface area contributed by atoms with Gasteiger partial charge in [0.2, 0.25) is 0 Å². The Morgan fingerprint density at radius 3 is 2.07 bits per heavy atom. The van der Waals surface area contributed by atoms with Gasteiger partial charge in [0.25, 0.3) is 0 Å². The second-order valence-electron chi connectivity index (χ2n) is 9.54. The molecule has 0 N–H and O–H groups in total. The smallest absolute Gasteiger partial charge is 0.0434 e. The van der Waals surface area contributed by atoms with Crippen LogP contribution in [-0.4, -0.2) is 4.98 Å². The molecular formula is C27H47N. The summed E-state index contributed by atoms with van der Waals surface area (Å²) in [7, 11) is 0. The van der Waals surface area contributed by atoms with Crippen molar-refractivity contribution in [3.05, 3.63) is 29.6 Å². The molecule has 0 amide bonds. The zero-order chi connectivity index (χ0) is 20.0. The molecule has 0 spiro atoms. The van der Waals surface area contributed by atoms with Crippen LogP contribution in [0.4, 0.5) is 0 Å². The first-order valence-electron chi connectivity index (χ1n) is 12.7. The highest BCUT2D eigenvalue weighted by molar-refractivity contribution is 5.20. The van der Waals surface area contributed by atoms with Crippen LogP contribution in [0, 0.1) is 5.92 Å². The van der Waals surface area contributed by atoms with E-state index in [1.54, 1.807) is 0 Å². The number of nitrogens with zero attached hydrogens (tertiary/aromatic N) is 1. The number of rotatable bonds is 14. The number of hydrogen-bond donors (Lipinski definition) is 0. The molecular weight excluding hydrogens is 338 g/mol. The quantitative estimate of drug-likeness (QED) is 0.291. The second kappa shape index (κ2) is 14.2. The first-order chi connectivity index (χ1) is 13.7. The third-order valence-corrected chi connectivity index (χ3v) is 7.10. The van der Waals surface area contributed by atoms with Crippen molar-refractivity contribution >= 4 is 0 Å². The maximum absolute atomic E-state index is 4.90. The normalized spacial score (nSPS) is 21.0. The minimum absolute atomic E-state index is 0.659. The van der Waals surface area contributed by atoms with Crippen molar-refractivity contribution < 1.29 is 0 Å². The van der Waals surface area contributed by atoms with Gasteiger partial charge in [-0.15, -0.1) is 0 Å². The zero-order valence-corrected chi connectivity index (χ0v) is 19.2. The largest absolute Gasteiger partial charge is 0.261 e. The van der Waals surface area contributed by atoms with Crippen LogP contribution in [0.25, 0.3) is 0 Å². The number of aromatic nitrogens is 1. The lowest BCUT2D eigenvalue weighted by molar-refractivity contribution is 0.299. The first kappa shape index (κ1) is 23.4.